The van der Waals surface area contributed by atoms with Crippen LogP contribution in [0.5, 0.6) is 0 Å². The molecular weight excluding hydrogens is 258 g/mol. The van der Waals surface area contributed by atoms with Crippen LogP contribution in [0.25, 0.3) is 0 Å². The molecular formula is C11H10ClN3OS. The minimum absolute atomic E-state index is 0.268. The van der Waals surface area contributed by atoms with Crippen LogP contribution in [-0.4, -0.2) is 10.9 Å². The number of thiophene rings is 1. The number of carbonyl (C=O) groups is 1. The minimum atomic E-state index is -0.268. The number of hydrogen-bond acceptors (Lipinski definition) is 4. The Labute approximate surface area is 107 Å². The molecule has 0 unspecified atom stereocenters. The maximum absolute atomic E-state index is 11.9. The number of nitrogens with one attached hydrogen (secondary N) is 1. The van der Waals surface area contributed by atoms with E-state index in [9.17, 15) is 4.79 Å². The highest BCUT2D eigenvalue weighted by Crippen LogP contribution is 2.25. The molecule has 4 nitrogen and oxygen atoms in total. The van der Waals surface area contributed by atoms with Crippen molar-refractivity contribution in [3.05, 3.63) is 39.3 Å². The zero-order valence-corrected chi connectivity index (χ0v) is 10.6. The summed E-state index contributed by atoms with van der Waals surface area (Å²) in [7, 11) is 0. The van der Waals surface area contributed by atoms with Gasteiger partial charge >= 0.3 is 0 Å². The van der Waals surface area contributed by atoms with Crippen LogP contribution >= 0.6 is 22.9 Å². The van der Waals surface area contributed by atoms with Crippen LogP contribution in [0.2, 0.25) is 5.15 Å². The zero-order valence-electron chi connectivity index (χ0n) is 9.03. The van der Waals surface area contributed by atoms with Crippen molar-refractivity contribution in [1.82, 2.24) is 4.98 Å². The maximum Gasteiger partial charge on any atom is 0.267 e. The Balaban J connectivity index is 2.28. The van der Waals surface area contributed by atoms with Crippen molar-refractivity contribution < 1.29 is 4.79 Å². The van der Waals surface area contributed by atoms with E-state index in [1.54, 1.807) is 23.7 Å². The first-order valence-electron chi connectivity index (χ1n) is 4.85. The van der Waals surface area contributed by atoms with Gasteiger partial charge in [-0.2, -0.15) is 0 Å². The molecule has 2 rings (SSSR count). The molecule has 17 heavy (non-hydrogen) atoms. The smallest absolute Gasteiger partial charge is 0.267 e. The van der Waals surface area contributed by atoms with Gasteiger partial charge in [-0.25, -0.2) is 4.98 Å². The third kappa shape index (κ3) is 2.40. The molecule has 6 heteroatoms. The molecule has 0 aromatic carbocycles. The summed E-state index contributed by atoms with van der Waals surface area (Å²) < 4.78 is 0. The van der Waals surface area contributed by atoms with Gasteiger partial charge in [0, 0.05) is 6.20 Å². The predicted octanol–water partition coefficient (Wildman–Crippen LogP) is 2.94. The molecule has 3 N–H and O–H groups in total. The Morgan fingerprint density at radius 2 is 2.29 bits per heavy atom. The quantitative estimate of drug-likeness (QED) is 0.822. The average molecular weight is 268 g/mol. The summed E-state index contributed by atoms with van der Waals surface area (Å²) >= 11 is 7.21. The second kappa shape index (κ2) is 4.73. The van der Waals surface area contributed by atoms with Gasteiger partial charge in [0.1, 0.15) is 4.88 Å². The summed E-state index contributed by atoms with van der Waals surface area (Å²) in [5, 5.41) is 4.76. The number of pyridine rings is 1. The standard InChI is InChI=1S/C11H10ClN3OS/c1-6-2-4-14-10(12)8(6)15-11(16)9-7(13)3-5-17-9/h2-5H,13H2,1H3,(H,15,16). The minimum Gasteiger partial charge on any atom is -0.397 e. The van der Waals surface area contributed by atoms with Crippen LogP contribution in [0, 0.1) is 6.92 Å². The Morgan fingerprint density at radius 3 is 2.88 bits per heavy atom. The highest BCUT2D eigenvalue weighted by molar-refractivity contribution is 7.12. The molecule has 0 fully saturated rings. The van der Waals surface area contributed by atoms with E-state index in [2.05, 4.69) is 10.3 Å². The van der Waals surface area contributed by atoms with Gasteiger partial charge in [-0.3, -0.25) is 4.79 Å². The molecule has 0 atom stereocenters. The van der Waals surface area contributed by atoms with Gasteiger partial charge in [-0.15, -0.1) is 11.3 Å². The van der Waals surface area contributed by atoms with Gasteiger partial charge in [0.25, 0.3) is 5.91 Å². The average Bonchev–Trinajstić information content (AvgIpc) is 2.70. The summed E-state index contributed by atoms with van der Waals surface area (Å²) in [6.45, 7) is 1.85. The fraction of sp³-hybridized carbons (Fsp3) is 0.0909. The van der Waals surface area contributed by atoms with Crippen molar-refractivity contribution in [2.75, 3.05) is 11.1 Å². The number of aryl methyl sites for hydroxylation is 1. The Hall–Kier alpha value is -1.59. The number of rotatable bonds is 2. The lowest BCUT2D eigenvalue weighted by molar-refractivity contribution is 0.103. The van der Waals surface area contributed by atoms with Gasteiger partial charge < -0.3 is 11.1 Å². The van der Waals surface area contributed by atoms with Crippen LogP contribution in [0.15, 0.2) is 23.7 Å². The Bertz CT molecular complexity index is 547. The number of carbonyl (C=O) groups excluding carboxylic acids is 1. The van der Waals surface area contributed by atoms with E-state index in [1.165, 1.54) is 11.3 Å². The second-order valence-corrected chi connectivity index (χ2v) is 4.73. The molecule has 2 aromatic heterocycles. The third-order valence-electron chi connectivity index (χ3n) is 2.25. The van der Waals surface area contributed by atoms with Gasteiger partial charge in [-0.1, -0.05) is 11.6 Å². The van der Waals surface area contributed by atoms with Crippen LogP contribution < -0.4 is 11.1 Å². The molecule has 0 spiro atoms. The number of nitrogens with zero attached hydrogens (tertiary/aromatic N) is 1. The molecule has 2 heterocycles. The molecule has 0 radical (unpaired) electrons. The number of nitrogen functional groups attached to an aromatic ring is 1. The monoisotopic (exact) mass is 267 g/mol. The first-order chi connectivity index (χ1) is 8.09. The molecule has 0 aliphatic carbocycles. The summed E-state index contributed by atoms with van der Waals surface area (Å²) in [6, 6.07) is 3.47. The van der Waals surface area contributed by atoms with Crippen molar-refractivity contribution in [1.29, 1.82) is 0 Å². The lowest BCUT2D eigenvalue weighted by Gasteiger charge is -2.08. The fourth-order valence-electron chi connectivity index (χ4n) is 1.35. The summed E-state index contributed by atoms with van der Waals surface area (Å²) in [6.07, 6.45) is 1.59. The van der Waals surface area contributed by atoms with Gasteiger partial charge in [0.05, 0.1) is 11.4 Å². The lowest BCUT2D eigenvalue weighted by atomic mass is 10.2. The topological polar surface area (TPSA) is 68.0 Å². The molecule has 1 amide bonds. The van der Waals surface area contributed by atoms with Crippen molar-refractivity contribution in [2.24, 2.45) is 0 Å². The van der Waals surface area contributed by atoms with Crippen LogP contribution in [-0.2, 0) is 0 Å². The SMILES string of the molecule is Cc1ccnc(Cl)c1NC(=O)c1sccc1N. The molecule has 0 aliphatic rings. The van der Waals surface area contributed by atoms with Crippen LogP contribution in [0.1, 0.15) is 15.2 Å². The van der Waals surface area contributed by atoms with E-state index in [0.717, 1.165) is 5.56 Å². The largest absolute Gasteiger partial charge is 0.397 e. The fourth-order valence-corrected chi connectivity index (χ4v) is 2.31. The molecule has 0 bridgehead atoms. The molecule has 0 saturated heterocycles. The molecule has 88 valence electrons. The number of nitrogens with two attached hydrogens (primary N) is 1. The summed E-state index contributed by atoms with van der Waals surface area (Å²) in [4.78, 5) is 16.3. The van der Waals surface area contributed by atoms with E-state index < -0.39 is 0 Å². The predicted molar refractivity (Wildman–Crippen MR) is 70.7 cm³/mol. The van der Waals surface area contributed by atoms with E-state index in [-0.39, 0.29) is 11.1 Å². The third-order valence-corrected chi connectivity index (χ3v) is 3.47. The zero-order chi connectivity index (χ0) is 12.4. The van der Waals surface area contributed by atoms with Crippen LogP contribution in [0.4, 0.5) is 11.4 Å². The maximum atomic E-state index is 11.9. The van der Waals surface area contributed by atoms with Crippen molar-refractivity contribution in [3.8, 4) is 0 Å². The highest BCUT2D eigenvalue weighted by Gasteiger charge is 2.14. The van der Waals surface area contributed by atoms with E-state index in [4.69, 9.17) is 17.3 Å². The number of amides is 1. The number of aromatic nitrogens is 1. The highest BCUT2D eigenvalue weighted by atomic mass is 35.5. The number of hydrogen-bond donors (Lipinski definition) is 2. The summed E-state index contributed by atoms with van der Waals surface area (Å²) in [5.41, 5.74) is 7.51. The summed E-state index contributed by atoms with van der Waals surface area (Å²) in [5.74, 6) is -0.268. The molecule has 2 aromatic rings. The number of halogens is 1. The van der Waals surface area contributed by atoms with Crippen molar-refractivity contribution in [2.45, 2.75) is 6.92 Å². The lowest BCUT2D eigenvalue weighted by Crippen LogP contribution is -2.13. The second-order valence-electron chi connectivity index (χ2n) is 3.45. The van der Waals surface area contributed by atoms with Crippen molar-refractivity contribution in [3.63, 3.8) is 0 Å². The molecule has 0 saturated carbocycles. The first kappa shape index (κ1) is 11.9. The van der Waals surface area contributed by atoms with E-state index >= 15 is 0 Å². The van der Waals surface area contributed by atoms with Gasteiger partial charge in [0.2, 0.25) is 0 Å². The number of anilines is 2. The van der Waals surface area contributed by atoms with Crippen molar-refractivity contribution >= 4 is 40.2 Å². The first-order valence-corrected chi connectivity index (χ1v) is 6.11. The normalized spacial score (nSPS) is 10.2. The van der Waals surface area contributed by atoms with Gasteiger partial charge in [-0.05, 0) is 30.0 Å². The van der Waals surface area contributed by atoms with E-state index in [0.29, 0.717) is 16.3 Å². The molecule has 0 aliphatic heterocycles. The van der Waals surface area contributed by atoms with Crippen LogP contribution in [0.3, 0.4) is 0 Å². The Kier molecular flexibility index (Phi) is 3.31. The Morgan fingerprint density at radius 1 is 1.53 bits per heavy atom. The van der Waals surface area contributed by atoms with E-state index in [1.807, 2.05) is 6.92 Å². The van der Waals surface area contributed by atoms with Gasteiger partial charge in [0.15, 0.2) is 5.15 Å².